The molecule has 0 radical (unpaired) electrons. The zero-order valence-corrected chi connectivity index (χ0v) is 13.1. The Balaban J connectivity index is 2.05. The summed E-state index contributed by atoms with van der Waals surface area (Å²) in [6.45, 7) is 3.79. The van der Waals surface area contributed by atoms with Crippen molar-refractivity contribution >= 4 is 17.6 Å². The van der Waals surface area contributed by atoms with Gasteiger partial charge in [0, 0.05) is 5.69 Å². The predicted molar refractivity (Wildman–Crippen MR) is 87.9 cm³/mol. The summed E-state index contributed by atoms with van der Waals surface area (Å²) in [5.41, 5.74) is 1.67. The Bertz CT molecular complexity index is 694. The fraction of sp³-hybridized carbons (Fsp3) is 0.222. The number of para-hydroxylation sites is 1. The summed E-state index contributed by atoms with van der Waals surface area (Å²) in [4.78, 5) is 23.1. The number of aromatic carboxylic acids is 1. The van der Waals surface area contributed by atoms with Crippen molar-refractivity contribution in [1.29, 1.82) is 0 Å². The quantitative estimate of drug-likeness (QED) is 0.856. The third kappa shape index (κ3) is 4.32. The van der Waals surface area contributed by atoms with Crippen LogP contribution in [0, 0.1) is 6.92 Å². The fourth-order valence-corrected chi connectivity index (χ4v) is 2.08. The Morgan fingerprint density at radius 3 is 2.35 bits per heavy atom. The van der Waals surface area contributed by atoms with Gasteiger partial charge in [-0.2, -0.15) is 0 Å². The lowest BCUT2D eigenvalue weighted by molar-refractivity contribution is -0.122. The van der Waals surface area contributed by atoms with E-state index in [2.05, 4.69) is 5.32 Å². The smallest absolute Gasteiger partial charge is 0.335 e. The summed E-state index contributed by atoms with van der Waals surface area (Å²) < 4.78 is 5.78. The van der Waals surface area contributed by atoms with Crippen molar-refractivity contribution in [3.05, 3.63) is 59.7 Å². The molecule has 2 aromatic carbocycles. The molecule has 0 saturated carbocycles. The van der Waals surface area contributed by atoms with Gasteiger partial charge in [-0.1, -0.05) is 25.1 Å². The molecule has 5 nitrogen and oxygen atoms in total. The SMILES string of the molecule is CC[C@H](Oc1ccccc1C)C(=O)Nc1ccc(C(=O)O)cc1. The number of carbonyl (C=O) groups is 2. The van der Waals surface area contributed by atoms with Crippen molar-refractivity contribution in [2.45, 2.75) is 26.4 Å². The van der Waals surface area contributed by atoms with Gasteiger partial charge in [0.15, 0.2) is 6.10 Å². The number of nitrogens with one attached hydrogen (secondary N) is 1. The molecule has 0 aliphatic heterocycles. The number of benzene rings is 2. The highest BCUT2D eigenvalue weighted by atomic mass is 16.5. The first-order valence-corrected chi connectivity index (χ1v) is 7.37. The molecule has 0 aliphatic carbocycles. The molecule has 0 bridgehead atoms. The van der Waals surface area contributed by atoms with Crippen LogP contribution in [0.25, 0.3) is 0 Å². The number of carboxylic acids is 1. The van der Waals surface area contributed by atoms with E-state index in [1.165, 1.54) is 12.1 Å². The number of aryl methyl sites for hydroxylation is 1. The van der Waals surface area contributed by atoms with Gasteiger partial charge in [-0.25, -0.2) is 4.79 Å². The topological polar surface area (TPSA) is 75.6 Å². The number of amides is 1. The van der Waals surface area contributed by atoms with E-state index in [1.54, 1.807) is 12.1 Å². The van der Waals surface area contributed by atoms with Crippen LogP contribution >= 0.6 is 0 Å². The molecule has 0 unspecified atom stereocenters. The largest absolute Gasteiger partial charge is 0.480 e. The number of carboxylic acid groups (broad SMARTS) is 1. The van der Waals surface area contributed by atoms with Gasteiger partial charge in [-0.3, -0.25) is 4.79 Å². The van der Waals surface area contributed by atoms with Crippen molar-refractivity contribution < 1.29 is 19.4 Å². The maximum absolute atomic E-state index is 12.3. The Morgan fingerprint density at radius 1 is 1.13 bits per heavy atom. The Labute approximate surface area is 134 Å². The number of anilines is 1. The first-order valence-electron chi connectivity index (χ1n) is 7.37. The van der Waals surface area contributed by atoms with E-state index in [0.29, 0.717) is 17.9 Å². The van der Waals surface area contributed by atoms with E-state index in [1.807, 2.05) is 38.1 Å². The monoisotopic (exact) mass is 313 g/mol. The maximum Gasteiger partial charge on any atom is 0.335 e. The molecule has 0 spiro atoms. The number of hydrogen-bond donors (Lipinski definition) is 2. The Kier molecular flexibility index (Phi) is 5.36. The first-order chi connectivity index (χ1) is 11.0. The van der Waals surface area contributed by atoms with E-state index in [4.69, 9.17) is 9.84 Å². The number of hydrogen-bond acceptors (Lipinski definition) is 3. The molecule has 0 aromatic heterocycles. The third-order valence-corrected chi connectivity index (χ3v) is 3.43. The van der Waals surface area contributed by atoms with E-state index in [9.17, 15) is 9.59 Å². The minimum Gasteiger partial charge on any atom is -0.480 e. The van der Waals surface area contributed by atoms with Crippen LogP contribution in [-0.4, -0.2) is 23.1 Å². The average molecular weight is 313 g/mol. The van der Waals surface area contributed by atoms with E-state index in [0.717, 1.165) is 5.56 Å². The zero-order chi connectivity index (χ0) is 16.8. The molecule has 5 heteroatoms. The first kappa shape index (κ1) is 16.5. The van der Waals surface area contributed by atoms with E-state index >= 15 is 0 Å². The van der Waals surface area contributed by atoms with E-state index < -0.39 is 12.1 Å². The summed E-state index contributed by atoms with van der Waals surface area (Å²) in [5.74, 6) is -0.591. The number of rotatable bonds is 6. The molecule has 120 valence electrons. The van der Waals surface area contributed by atoms with Crippen LogP contribution in [0.3, 0.4) is 0 Å². The highest BCUT2D eigenvalue weighted by molar-refractivity contribution is 5.95. The van der Waals surface area contributed by atoms with Crippen LogP contribution in [0.4, 0.5) is 5.69 Å². The van der Waals surface area contributed by atoms with Crippen LogP contribution < -0.4 is 10.1 Å². The lowest BCUT2D eigenvalue weighted by atomic mass is 10.2. The molecule has 2 N–H and O–H groups in total. The van der Waals surface area contributed by atoms with Crippen molar-refractivity contribution in [2.75, 3.05) is 5.32 Å². The van der Waals surface area contributed by atoms with Crippen molar-refractivity contribution in [3.8, 4) is 5.75 Å². The van der Waals surface area contributed by atoms with Gasteiger partial charge in [-0.15, -0.1) is 0 Å². The lowest BCUT2D eigenvalue weighted by Gasteiger charge is -2.18. The fourth-order valence-electron chi connectivity index (χ4n) is 2.08. The van der Waals surface area contributed by atoms with Crippen molar-refractivity contribution in [1.82, 2.24) is 0 Å². The lowest BCUT2D eigenvalue weighted by Crippen LogP contribution is -2.32. The van der Waals surface area contributed by atoms with E-state index in [-0.39, 0.29) is 11.5 Å². The molecule has 2 rings (SSSR count). The second-order valence-corrected chi connectivity index (χ2v) is 5.15. The maximum atomic E-state index is 12.3. The second kappa shape index (κ2) is 7.45. The van der Waals surface area contributed by atoms with Crippen LogP contribution in [-0.2, 0) is 4.79 Å². The van der Waals surface area contributed by atoms with Gasteiger partial charge >= 0.3 is 5.97 Å². The molecule has 1 atom stereocenters. The summed E-state index contributed by atoms with van der Waals surface area (Å²) in [7, 11) is 0. The van der Waals surface area contributed by atoms with Gasteiger partial charge in [0.25, 0.3) is 5.91 Å². The van der Waals surface area contributed by atoms with Crippen molar-refractivity contribution in [2.24, 2.45) is 0 Å². The van der Waals surface area contributed by atoms with Crippen LogP contribution in [0.5, 0.6) is 5.75 Å². The molecule has 23 heavy (non-hydrogen) atoms. The average Bonchev–Trinajstić information content (AvgIpc) is 2.54. The van der Waals surface area contributed by atoms with Gasteiger partial charge in [-0.05, 0) is 49.2 Å². The zero-order valence-electron chi connectivity index (χ0n) is 13.1. The van der Waals surface area contributed by atoms with Gasteiger partial charge in [0.05, 0.1) is 5.56 Å². The predicted octanol–water partition coefficient (Wildman–Crippen LogP) is 3.49. The van der Waals surface area contributed by atoms with Crippen molar-refractivity contribution in [3.63, 3.8) is 0 Å². The minimum absolute atomic E-state index is 0.172. The van der Waals surface area contributed by atoms with Crippen LogP contribution in [0.15, 0.2) is 48.5 Å². The third-order valence-electron chi connectivity index (χ3n) is 3.43. The second-order valence-electron chi connectivity index (χ2n) is 5.15. The molecule has 0 fully saturated rings. The molecular formula is C18H19NO4. The highest BCUT2D eigenvalue weighted by Crippen LogP contribution is 2.19. The summed E-state index contributed by atoms with van der Waals surface area (Å²) in [6.07, 6.45) is -0.0943. The van der Waals surface area contributed by atoms with Gasteiger partial charge < -0.3 is 15.2 Å². The summed E-state index contributed by atoms with van der Waals surface area (Å²) in [5, 5.41) is 11.6. The standard InChI is InChI=1S/C18H19NO4/c1-3-15(23-16-7-5-4-6-12(16)2)17(20)19-14-10-8-13(9-11-14)18(21)22/h4-11,15H,3H2,1-2H3,(H,19,20)(H,21,22)/t15-/m0/s1. The Hall–Kier alpha value is -2.82. The van der Waals surface area contributed by atoms with Gasteiger partial charge in [0.2, 0.25) is 0 Å². The molecule has 1 amide bonds. The summed E-state index contributed by atoms with van der Waals surface area (Å²) in [6, 6.07) is 13.5. The van der Waals surface area contributed by atoms with Gasteiger partial charge in [0.1, 0.15) is 5.75 Å². The normalized spacial score (nSPS) is 11.6. The molecule has 2 aromatic rings. The summed E-state index contributed by atoms with van der Waals surface area (Å²) >= 11 is 0. The minimum atomic E-state index is -1.00. The van der Waals surface area contributed by atoms with Crippen LogP contribution in [0.1, 0.15) is 29.3 Å². The molecule has 0 heterocycles. The Morgan fingerprint density at radius 2 is 1.78 bits per heavy atom. The molecule has 0 aliphatic rings. The number of carbonyl (C=O) groups excluding carboxylic acids is 1. The molecular weight excluding hydrogens is 294 g/mol. The number of ether oxygens (including phenoxy) is 1. The molecule has 0 saturated heterocycles. The van der Waals surface area contributed by atoms with Crippen LogP contribution in [0.2, 0.25) is 0 Å². The highest BCUT2D eigenvalue weighted by Gasteiger charge is 2.19.